The molecule has 2 aromatic heterocycles. The summed E-state index contributed by atoms with van der Waals surface area (Å²) >= 11 is 0. The summed E-state index contributed by atoms with van der Waals surface area (Å²) in [6.07, 6.45) is 1.83. The van der Waals surface area contributed by atoms with Gasteiger partial charge in [0, 0.05) is 31.5 Å². The van der Waals surface area contributed by atoms with E-state index in [4.69, 9.17) is 4.98 Å². The quantitative estimate of drug-likeness (QED) is 0.681. The van der Waals surface area contributed by atoms with Crippen LogP contribution >= 0.6 is 0 Å². The molecule has 1 amide bonds. The number of nitrogens with zero attached hydrogens (tertiary/aromatic N) is 5. The van der Waals surface area contributed by atoms with Crippen molar-refractivity contribution in [3.8, 4) is 0 Å². The Morgan fingerprint density at radius 2 is 1.84 bits per heavy atom. The number of fused-ring (bicyclic) bond motifs is 1. The van der Waals surface area contributed by atoms with Crippen LogP contribution in [0.5, 0.6) is 0 Å². The van der Waals surface area contributed by atoms with Crippen LogP contribution in [0.2, 0.25) is 0 Å². The number of carbonyl (C=O) groups excluding carboxylic acids is 1. The molecule has 0 saturated carbocycles. The number of benzene rings is 1. The highest BCUT2D eigenvalue weighted by Crippen LogP contribution is 2.27. The highest BCUT2D eigenvalue weighted by atomic mass is 16.2. The number of aromatic nitrogens is 4. The second-order valence-electron chi connectivity index (χ2n) is 8.98. The summed E-state index contributed by atoms with van der Waals surface area (Å²) in [5.41, 5.74) is 3.94. The summed E-state index contributed by atoms with van der Waals surface area (Å²) in [6.45, 7) is 9.74. The maximum Gasteiger partial charge on any atom is 0.225 e. The van der Waals surface area contributed by atoms with Gasteiger partial charge in [0.05, 0.1) is 23.0 Å². The van der Waals surface area contributed by atoms with Gasteiger partial charge >= 0.3 is 0 Å². The Morgan fingerprint density at radius 1 is 1.13 bits per heavy atom. The summed E-state index contributed by atoms with van der Waals surface area (Å²) in [7, 11) is 2.02. The summed E-state index contributed by atoms with van der Waals surface area (Å²) in [5, 5.41) is 3.31. The molecule has 1 fully saturated rings. The molecule has 164 valence electrons. The third-order valence-corrected chi connectivity index (χ3v) is 6.11. The average molecular weight is 421 g/mol. The first kappa shape index (κ1) is 21.3. The minimum Gasteiger partial charge on any atom is -0.346 e. The lowest BCUT2D eigenvalue weighted by atomic mass is 9.95. The van der Waals surface area contributed by atoms with Crippen molar-refractivity contribution < 1.29 is 4.79 Å². The molecule has 1 N–H and O–H groups in total. The van der Waals surface area contributed by atoms with Crippen LogP contribution in [-0.2, 0) is 11.8 Å². The van der Waals surface area contributed by atoms with E-state index in [1.54, 1.807) is 0 Å². The number of amides is 1. The number of para-hydroxylation sites is 2. The lowest BCUT2D eigenvalue weighted by Crippen LogP contribution is -2.45. The summed E-state index contributed by atoms with van der Waals surface area (Å²) < 4.78 is 2.09. The molecule has 0 bridgehead atoms. The van der Waals surface area contributed by atoms with Gasteiger partial charge in [-0.15, -0.1) is 0 Å². The third-order valence-electron chi connectivity index (χ3n) is 6.11. The molecule has 7 nitrogen and oxygen atoms in total. The maximum absolute atomic E-state index is 13.3. The van der Waals surface area contributed by atoms with E-state index in [0.29, 0.717) is 6.54 Å². The smallest absolute Gasteiger partial charge is 0.225 e. The minimum atomic E-state index is -0.141. The number of aryl methyl sites for hydroxylation is 3. The standard InChI is InChI=1S/C24H32N6O/c1-15(2)21(22-27-19-10-6-7-11-20(19)29(22)5)28-23(31)18-9-8-12-30(14-18)24-25-16(3)13-17(4)26-24/h6-7,10-11,13,15,18,21H,8-9,12,14H2,1-5H3,(H,28,31)/t18-,21-/m1/s1. The van der Waals surface area contributed by atoms with Crippen molar-refractivity contribution in [1.29, 1.82) is 0 Å². The Bertz CT molecular complexity index is 1070. The molecule has 0 unspecified atom stereocenters. The molecule has 0 radical (unpaired) electrons. The lowest BCUT2D eigenvalue weighted by Gasteiger charge is -2.33. The fraction of sp³-hybridized carbons (Fsp3) is 0.500. The number of hydrogen-bond donors (Lipinski definition) is 1. The molecule has 1 aromatic carbocycles. The molecular formula is C24H32N6O. The summed E-state index contributed by atoms with van der Waals surface area (Å²) in [6, 6.07) is 9.92. The predicted molar refractivity (Wildman–Crippen MR) is 123 cm³/mol. The van der Waals surface area contributed by atoms with Crippen molar-refractivity contribution in [2.75, 3.05) is 18.0 Å². The largest absolute Gasteiger partial charge is 0.346 e. The van der Waals surface area contributed by atoms with Gasteiger partial charge in [0.15, 0.2) is 0 Å². The van der Waals surface area contributed by atoms with Gasteiger partial charge in [-0.1, -0.05) is 26.0 Å². The van der Waals surface area contributed by atoms with Crippen molar-refractivity contribution in [1.82, 2.24) is 24.8 Å². The molecule has 3 heterocycles. The first-order valence-electron chi connectivity index (χ1n) is 11.1. The van der Waals surface area contributed by atoms with E-state index in [2.05, 4.69) is 44.7 Å². The number of nitrogens with one attached hydrogen (secondary N) is 1. The molecule has 1 aliphatic rings. The van der Waals surface area contributed by atoms with Crippen LogP contribution in [0.3, 0.4) is 0 Å². The van der Waals surface area contributed by atoms with E-state index < -0.39 is 0 Å². The number of rotatable bonds is 5. The van der Waals surface area contributed by atoms with Gasteiger partial charge in [0.2, 0.25) is 11.9 Å². The number of hydrogen-bond acceptors (Lipinski definition) is 5. The zero-order valence-corrected chi connectivity index (χ0v) is 19.1. The van der Waals surface area contributed by atoms with Gasteiger partial charge < -0.3 is 14.8 Å². The molecule has 7 heteroatoms. The SMILES string of the molecule is Cc1cc(C)nc(N2CCC[C@@H](C(=O)N[C@@H](c3nc4ccccc4n3C)C(C)C)C2)n1. The van der Waals surface area contributed by atoms with Crippen LogP contribution in [0.25, 0.3) is 11.0 Å². The number of carbonyl (C=O) groups is 1. The molecule has 4 rings (SSSR count). The fourth-order valence-corrected chi connectivity index (χ4v) is 4.46. The maximum atomic E-state index is 13.3. The molecule has 2 atom stereocenters. The van der Waals surface area contributed by atoms with E-state index in [-0.39, 0.29) is 23.8 Å². The Morgan fingerprint density at radius 3 is 2.52 bits per heavy atom. The number of imidazole rings is 1. The van der Waals surface area contributed by atoms with Gasteiger partial charge in [0.25, 0.3) is 0 Å². The van der Waals surface area contributed by atoms with Gasteiger partial charge in [-0.2, -0.15) is 0 Å². The van der Waals surface area contributed by atoms with E-state index in [0.717, 1.165) is 53.6 Å². The van der Waals surface area contributed by atoms with E-state index in [1.165, 1.54) is 0 Å². The van der Waals surface area contributed by atoms with Crippen LogP contribution in [0.4, 0.5) is 5.95 Å². The first-order chi connectivity index (χ1) is 14.8. The van der Waals surface area contributed by atoms with Crippen LogP contribution in [0.1, 0.15) is 49.9 Å². The molecular weight excluding hydrogens is 388 g/mol. The van der Waals surface area contributed by atoms with Crippen LogP contribution < -0.4 is 10.2 Å². The Balaban J connectivity index is 1.53. The van der Waals surface area contributed by atoms with E-state index >= 15 is 0 Å². The van der Waals surface area contributed by atoms with Gasteiger partial charge in [-0.3, -0.25) is 4.79 Å². The van der Waals surface area contributed by atoms with Crippen molar-refractivity contribution in [2.45, 2.75) is 46.6 Å². The third kappa shape index (κ3) is 4.40. The van der Waals surface area contributed by atoms with E-state index in [1.807, 2.05) is 45.2 Å². The topological polar surface area (TPSA) is 75.9 Å². The molecule has 31 heavy (non-hydrogen) atoms. The van der Waals surface area contributed by atoms with E-state index in [9.17, 15) is 4.79 Å². The number of anilines is 1. The monoisotopic (exact) mass is 420 g/mol. The van der Waals surface area contributed by atoms with Crippen LogP contribution in [-0.4, -0.2) is 38.5 Å². The van der Waals surface area contributed by atoms with Crippen LogP contribution in [0, 0.1) is 25.7 Å². The number of piperidine rings is 1. The summed E-state index contributed by atoms with van der Waals surface area (Å²) in [5.74, 6) is 1.84. The normalized spacial score (nSPS) is 17.9. The molecule has 1 aliphatic heterocycles. The summed E-state index contributed by atoms with van der Waals surface area (Å²) in [4.78, 5) is 29.5. The zero-order valence-electron chi connectivity index (χ0n) is 19.1. The zero-order chi connectivity index (χ0) is 22.1. The average Bonchev–Trinajstić information content (AvgIpc) is 3.07. The highest BCUT2D eigenvalue weighted by molar-refractivity contribution is 5.80. The van der Waals surface area contributed by atoms with Crippen molar-refractivity contribution in [3.63, 3.8) is 0 Å². The molecule has 3 aromatic rings. The van der Waals surface area contributed by atoms with Crippen molar-refractivity contribution in [2.24, 2.45) is 18.9 Å². The second-order valence-corrected chi connectivity index (χ2v) is 8.98. The van der Waals surface area contributed by atoms with Crippen LogP contribution in [0.15, 0.2) is 30.3 Å². The second kappa shape index (κ2) is 8.65. The van der Waals surface area contributed by atoms with Gasteiger partial charge in [-0.05, 0) is 50.8 Å². The predicted octanol–water partition coefficient (Wildman–Crippen LogP) is 3.71. The molecule has 1 saturated heterocycles. The molecule has 0 aliphatic carbocycles. The van der Waals surface area contributed by atoms with Gasteiger partial charge in [-0.25, -0.2) is 15.0 Å². The minimum absolute atomic E-state index is 0.0832. The molecule has 0 spiro atoms. The highest BCUT2D eigenvalue weighted by Gasteiger charge is 2.31. The fourth-order valence-electron chi connectivity index (χ4n) is 4.46. The first-order valence-corrected chi connectivity index (χ1v) is 11.1. The Labute approximate surface area is 183 Å². The Hall–Kier alpha value is -2.96. The van der Waals surface area contributed by atoms with Crippen molar-refractivity contribution in [3.05, 3.63) is 47.5 Å². The Kier molecular flexibility index (Phi) is 5.94. The lowest BCUT2D eigenvalue weighted by molar-refractivity contribution is -0.126. The van der Waals surface area contributed by atoms with Crippen molar-refractivity contribution >= 4 is 22.9 Å². The van der Waals surface area contributed by atoms with Gasteiger partial charge in [0.1, 0.15) is 5.82 Å².